The normalized spacial score (nSPS) is 23.0. The van der Waals surface area contributed by atoms with Gasteiger partial charge >= 0.3 is 0 Å². The molecule has 2 rings (SSSR count). The molecule has 0 aromatic heterocycles. The number of hydrazine groups is 1. The standard InChI is InChI=1S/C12H16FN3OS/c1-8-11(6-14-16-8)15-12(17)7-18-10-4-2-9(13)3-5-10/h2-5,8,11,14,16H,6-7H2,1H3,(H,15,17). The number of hydrogen-bond donors (Lipinski definition) is 3. The van der Waals surface area contributed by atoms with Crippen molar-refractivity contribution in [3.63, 3.8) is 0 Å². The Labute approximate surface area is 110 Å². The van der Waals surface area contributed by atoms with Crippen LogP contribution in [0.4, 0.5) is 4.39 Å². The van der Waals surface area contributed by atoms with Crippen molar-refractivity contribution in [2.45, 2.75) is 23.9 Å². The fourth-order valence-corrected chi connectivity index (χ4v) is 2.42. The summed E-state index contributed by atoms with van der Waals surface area (Å²) in [6, 6.07) is 6.49. The molecule has 1 aromatic rings. The molecule has 0 spiro atoms. The summed E-state index contributed by atoms with van der Waals surface area (Å²) < 4.78 is 12.7. The molecule has 1 aromatic carbocycles. The number of thioether (sulfide) groups is 1. The average molecular weight is 269 g/mol. The number of benzene rings is 1. The largest absolute Gasteiger partial charge is 0.350 e. The van der Waals surface area contributed by atoms with Crippen LogP contribution >= 0.6 is 11.8 Å². The number of carbonyl (C=O) groups excluding carboxylic acids is 1. The summed E-state index contributed by atoms with van der Waals surface area (Å²) in [5.41, 5.74) is 6.04. The molecule has 1 saturated heterocycles. The highest BCUT2D eigenvalue weighted by Gasteiger charge is 2.23. The number of carbonyl (C=O) groups is 1. The molecule has 1 heterocycles. The predicted molar refractivity (Wildman–Crippen MR) is 69.7 cm³/mol. The molecule has 0 aliphatic carbocycles. The summed E-state index contributed by atoms with van der Waals surface area (Å²) >= 11 is 1.40. The van der Waals surface area contributed by atoms with Gasteiger partial charge in [0.05, 0.1) is 11.8 Å². The van der Waals surface area contributed by atoms with E-state index in [0.717, 1.165) is 11.4 Å². The first-order valence-corrected chi connectivity index (χ1v) is 6.80. The summed E-state index contributed by atoms with van der Waals surface area (Å²) in [6.07, 6.45) is 0. The van der Waals surface area contributed by atoms with Gasteiger partial charge in [0.25, 0.3) is 0 Å². The van der Waals surface area contributed by atoms with Crippen LogP contribution in [0.2, 0.25) is 0 Å². The van der Waals surface area contributed by atoms with Gasteiger partial charge in [-0.05, 0) is 31.2 Å². The third-order valence-electron chi connectivity index (χ3n) is 2.79. The molecular formula is C12H16FN3OS. The quantitative estimate of drug-likeness (QED) is 0.711. The van der Waals surface area contributed by atoms with Crippen molar-refractivity contribution >= 4 is 17.7 Å². The van der Waals surface area contributed by atoms with Crippen LogP contribution in [0.15, 0.2) is 29.2 Å². The second-order valence-electron chi connectivity index (χ2n) is 4.23. The first-order valence-electron chi connectivity index (χ1n) is 5.81. The average Bonchev–Trinajstić information content (AvgIpc) is 2.74. The highest BCUT2D eigenvalue weighted by Crippen LogP contribution is 2.17. The van der Waals surface area contributed by atoms with Gasteiger partial charge in [-0.2, -0.15) is 0 Å². The van der Waals surface area contributed by atoms with Gasteiger partial charge in [-0.1, -0.05) is 0 Å². The second kappa shape index (κ2) is 6.17. The first-order chi connectivity index (χ1) is 8.65. The van der Waals surface area contributed by atoms with Gasteiger partial charge in [-0.15, -0.1) is 11.8 Å². The maximum absolute atomic E-state index is 12.7. The monoisotopic (exact) mass is 269 g/mol. The van der Waals surface area contributed by atoms with Crippen LogP contribution in [0.5, 0.6) is 0 Å². The molecule has 2 unspecified atom stereocenters. The predicted octanol–water partition coefficient (Wildman–Crippen LogP) is 0.899. The zero-order valence-corrected chi connectivity index (χ0v) is 10.9. The summed E-state index contributed by atoms with van der Waals surface area (Å²) in [7, 11) is 0. The highest BCUT2D eigenvalue weighted by atomic mass is 32.2. The number of halogens is 1. The van der Waals surface area contributed by atoms with E-state index >= 15 is 0 Å². The van der Waals surface area contributed by atoms with Gasteiger partial charge < -0.3 is 5.32 Å². The van der Waals surface area contributed by atoms with Crippen LogP contribution < -0.4 is 16.2 Å². The highest BCUT2D eigenvalue weighted by molar-refractivity contribution is 8.00. The van der Waals surface area contributed by atoms with Crippen molar-refractivity contribution in [1.82, 2.24) is 16.2 Å². The number of hydrogen-bond acceptors (Lipinski definition) is 4. The molecule has 1 fully saturated rings. The number of amides is 1. The molecule has 1 aliphatic rings. The maximum Gasteiger partial charge on any atom is 0.230 e. The van der Waals surface area contributed by atoms with E-state index in [-0.39, 0.29) is 23.8 Å². The van der Waals surface area contributed by atoms with Gasteiger partial charge in [0.2, 0.25) is 5.91 Å². The molecule has 3 N–H and O–H groups in total. The molecule has 1 amide bonds. The SMILES string of the molecule is CC1NNCC1NC(=O)CSc1ccc(F)cc1. The Bertz CT molecular complexity index is 412. The Kier molecular flexibility index (Phi) is 4.57. The Morgan fingerprint density at radius 1 is 1.50 bits per heavy atom. The second-order valence-corrected chi connectivity index (χ2v) is 5.28. The minimum Gasteiger partial charge on any atom is -0.350 e. The lowest BCUT2D eigenvalue weighted by Gasteiger charge is -2.15. The van der Waals surface area contributed by atoms with Crippen molar-refractivity contribution in [3.8, 4) is 0 Å². The zero-order valence-electron chi connectivity index (χ0n) is 10.1. The van der Waals surface area contributed by atoms with Gasteiger partial charge in [0.15, 0.2) is 0 Å². The summed E-state index contributed by atoms with van der Waals surface area (Å²) in [5, 5.41) is 2.95. The minimum absolute atomic E-state index is 0.00771. The lowest BCUT2D eigenvalue weighted by molar-refractivity contribution is -0.119. The third-order valence-corrected chi connectivity index (χ3v) is 3.80. The Morgan fingerprint density at radius 3 is 2.83 bits per heavy atom. The summed E-state index contributed by atoms with van der Waals surface area (Å²) in [5.74, 6) is 0.0712. The first kappa shape index (κ1) is 13.3. The Morgan fingerprint density at radius 2 is 2.22 bits per heavy atom. The third kappa shape index (κ3) is 3.69. The van der Waals surface area contributed by atoms with Crippen LogP contribution in [-0.2, 0) is 4.79 Å². The van der Waals surface area contributed by atoms with Crippen LogP contribution in [0.1, 0.15) is 6.92 Å². The maximum atomic E-state index is 12.7. The van der Waals surface area contributed by atoms with Crippen molar-refractivity contribution in [2.24, 2.45) is 0 Å². The van der Waals surface area contributed by atoms with E-state index < -0.39 is 0 Å². The van der Waals surface area contributed by atoms with Crippen molar-refractivity contribution < 1.29 is 9.18 Å². The van der Waals surface area contributed by atoms with E-state index in [9.17, 15) is 9.18 Å². The fraction of sp³-hybridized carbons (Fsp3) is 0.417. The van der Waals surface area contributed by atoms with E-state index in [1.54, 1.807) is 12.1 Å². The van der Waals surface area contributed by atoms with Crippen LogP contribution in [0.3, 0.4) is 0 Å². The van der Waals surface area contributed by atoms with E-state index in [1.165, 1.54) is 23.9 Å². The molecule has 6 heteroatoms. The Hall–Kier alpha value is -1.11. The van der Waals surface area contributed by atoms with E-state index in [2.05, 4.69) is 16.2 Å². The summed E-state index contributed by atoms with van der Waals surface area (Å²) in [6.45, 7) is 2.74. The molecule has 98 valence electrons. The Balaban J connectivity index is 1.76. The van der Waals surface area contributed by atoms with Gasteiger partial charge in [-0.25, -0.2) is 4.39 Å². The smallest absolute Gasteiger partial charge is 0.230 e. The van der Waals surface area contributed by atoms with E-state index in [1.807, 2.05) is 6.92 Å². The van der Waals surface area contributed by atoms with Crippen molar-refractivity contribution in [2.75, 3.05) is 12.3 Å². The minimum atomic E-state index is -0.263. The van der Waals surface area contributed by atoms with Crippen LogP contribution in [0.25, 0.3) is 0 Å². The molecular weight excluding hydrogens is 253 g/mol. The molecule has 18 heavy (non-hydrogen) atoms. The number of nitrogens with one attached hydrogen (secondary N) is 3. The number of rotatable bonds is 4. The van der Waals surface area contributed by atoms with E-state index in [4.69, 9.17) is 0 Å². The van der Waals surface area contributed by atoms with E-state index in [0.29, 0.717) is 5.75 Å². The van der Waals surface area contributed by atoms with Crippen molar-refractivity contribution in [1.29, 1.82) is 0 Å². The summed E-state index contributed by atoms with van der Waals surface area (Å²) in [4.78, 5) is 12.6. The zero-order chi connectivity index (χ0) is 13.0. The molecule has 1 aliphatic heterocycles. The van der Waals surface area contributed by atoms with Crippen molar-refractivity contribution in [3.05, 3.63) is 30.1 Å². The molecule has 0 radical (unpaired) electrons. The molecule has 4 nitrogen and oxygen atoms in total. The van der Waals surface area contributed by atoms with Crippen LogP contribution in [0, 0.1) is 5.82 Å². The lowest BCUT2D eigenvalue weighted by atomic mass is 10.2. The molecule has 0 bridgehead atoms. The fourth-order valence-electron chi connectivity index (χ4n) is 1.71. The van der Waals surface area contributed by atoms with Gasteiger partial charge in [0, 0.05) is 17.5 Å². The molecule has 0 saturated carbocycles. The lowest BCUT2D eigenvalue weighted by Crippen LogP contribution is -2.43. The van der Waals surface area contributed by atoms with Gasteiger partial charge in [-0.3, -0.25) is 15.6 Å². The van der Waals surface area contributed by atoms with Gasteiger partial charge in [0.1, 0.15) is 5.82 Å². The van der Waals surface area contributed by atoms with Crippen LogP contribution in [-0.4, -0.2) is 30.3 Å². The molecule has 2 atom stereocenters. The topological polar surface area (TPSA) is 53.2 Å².